The number of aryl methyl sites for hydroxylation is 4. The van der Waals surface area contributed by atoms with Gasteiger partial charge >= 0.3 is 0 Å². The third-order valence-electron chi connectivity index (χ3n) is 7.91. The van der Waals surface area contributed by atoms with E-state index in [2.05, 4.69) is 77.9 Å². The normalized spacial score (nSPS) is 28.2. The van der Waals surface area contributed by atoms with Crippen molar-refractivity contribution in [3.05, 3.63) is 75.5 Å². The molecule has 164 valence electrons. The number of rotatable bonds is 4. The van der Waals surface area contributed by atoms with E-state index in [1.807, 2.05) is 0 Å². The van der Waals surface area contributed by atoms with Gasteiger partial charge in [0, 0.05) is 11.8 Å². The number of aliphatic hydroxyl groups excluding tert-OH is 1. The standard InChI is InChI=1S/C29H36O2/c1-7-20-13-17(4)14-21(8-2)26(20)27-28(30)24-18(5)15-23(19(6)25(24)29(27)31)22-11-9-16(3)10-12-22/h9-14,18-19,23-25,31H,7-8,15H2,1-6H3/t18?,19?,23?,24-,25+/m0/s1. The van der Waals surface area contributed by atoms with Crippen LogP contribution in [-0.2, 0) is 17.6 Å². The average Bonchev–Trinajstić information content (AvgIpc) is 3.01. The molecule has 5 atom stereocenters. The predicted octanol–water partition coefficient (Wildman–Crippen LogP) is 6.97. The monoisotopic (exact) mass is 416 g/mol. The summed E-state index contributed by atoms with van der Waals surface area (Å²) in [6.45, 7) is 12.9. The first kappa shape index (κ1) is 21.9. The van der Waals surface area contributed by atoms with Gasteiger partial charge < -0.3 is 5.11 Å². The Labute approximate surface area is 187 Å². The Morgan fingerprint density at radius 2 is 1.48 bits per heavy atom. The van der Waals surface area contributed by atoms with Gasteiger partial charge in [-0.3, -0.25) is 4.79 Å². The van der Waals surface area contributed by atoms with Gasteiger partial charge in [-0.25, -0.2) is 0 Å². The van der Waals surface area contributed by atoms with E-state index in [4.69, 9.17) is 0 Å². The molecule has 0 bridgehead atoms. The number of aliphatic hydroxyl groups is 1. The van der Waals surface area contributed by atoms with Crippen LogP contribution in [0.4, 0.5) is 0 Å². The van der Waals surface area contributed by atoms with E-state index in [1.54, 1.807) is 0 Å². The minimum absolute atomic E-state index is 0.0896. The molecule has 1 saturated carbocycles. The van der Waals surface area contributed by atoms with Crippen molar-refractivity contribution >= 4 is 11.4 Å². The van der Waals surface area contributed by atoms with Crippen LogP contribution in [0, 0.1) is 37.5 Å². The number of allylic oxidation sites excluding steroid dienone is 2. The number of benzene rings is 2. The van der Waals surface area contributed by atoms with Crippen molar-refractivity contribution < 1.29 is 9.90 Å². The summed E-state index contributed by atoms with van der Waals surface area (Å²) in [5.74, 6) is 1.15. The van der Waals surface area contributed by atoms with Crippen LogP contribution in [0.25, 0.3) is 5.57 Å². The van der Waals surface area contributed by atoms with E-state index >= 15 is 0 Å². The maximum atomic E-state index is 13.8. The van der Waals surface area contributed by atoms with Crippen LogP contribution >= 0.6 is 0 Å². The highest BCUT2D eigenvalue weighted by Gasteiger charge is 2.53. The Morgan fingerprint density at radius 1 is 0.903 bits per heavy atom. The summed E-state index contributed by atoms with van der Waals surface area (Å²) in [4.78, 5) is 13.8. The van der Waals surface area contributed by atoms with Gasteiger partial charge in [-0.1, -0.05) is 75.2 Å². The minimum atomic E-state index is -0.109. The second kappa shape index (κ2) is 8.30. The quantitative estimate of drug-likeness (QED) is 0.584. The van der Waals surface area contributed by atoms with Gasteiger partial charge in [-0.2, -0.15) is 0 Å². The van der Waals surface area contributed by atoms with Crippen LogP contribution in [0.15, 0.2) is 42.2 Å². The van der Waals surface area contributed by atoms with Crippen molar-refractivity contribution in [2.75, 3.05) is 0 Å². The van der Waals surface area contributed by atoms with E-state index in [1.165, 1.54) is 27.8 Å². The van der Waals surface area contributed by atoms with Crippen molar-refractivity contribution in [3.8, 4) is 0 Å². The summed E-state index contributed by atoms with van der Waals surface area (Å²) in [5.41, 5.74) is 7.81. The van der Waals surface area contributed by atoms with Crippen molar-refractivity contribution in [3.63, 3.8) is 0 Å². The maximum absolute atomic E-state index is 13.8. The number of fused-ring (bicyclic) bond motifs is 1. The lowest BCUT2D eigenvalue weighted by Gasteiger charge is -2.41. The van der Waals surface area contributed by atoms with Gasteiger partial charge in [0.25, 0.3) is 0 Å². The summed E-state index contributed by atoms with van der Waals surface area (Å²) in [6.07, 6.45) is 2.72. The van der Waals surface area contributed by atoms with Gasteiger partial charge in [0.2, 0.25) is 0 Å². The van der Waals surface area contributed by atoms with Gasteiger partial charge in [-0.15, -0.1) is 0 Å². The molecule has 31 heavy (non-hydrogen) atoms. The molecule has 0 heterocycles. The van der Waals surface area contributed by atoms with Gasteiger partial charge in [-0.05, 0) is 73.1 Å². The summed E-state index contributed by atoms with van der Waals surface area (Å²) in [5, 5.41) is 11.6. The largest absolute Gasteiger partial charge is 0.511 e. The molecule has 0 aromatic heterocycles. The third-order valence-corrected chi connectivity index (χ3v) is 7.91. The minimum Gasteiger partial charge on any atom is -0.511 e. The lowest BCUT2D eigenvalue weighted by Crippen LogP contribution is -2.38. The predicted molar refractivity (Wildman–Crippen MR) is 128 cm³/mol. The molecule has 0 radical (unpaired) electrons. The van der Waals surface area contributed by atoms with Crippen LogP contribution in [0.3, 0.4) is 0 Å². The Balaban J connectivity index is 1.83. The lowest BCUT2D eigenvalue weighted by molar-refractivity contribution is -0.121. The summed E-state index contributed by atoms with van der Waals surface area (Å²) in [6, 6.07) is 13.2. The lowest BCUT2D eigenvalue weighted by atomic mass is 9.62. The molecule has 2 aliphatic rings. The van der Waals surface area contributed by atoms with Crippen molar-refractivity contribution in [1.29, 1.82) is 0 Å². The summed E-state index contributed by atoms with van der Waals surface area (Å²) >= 11 is 0. The highest BCUT2D eigenvalue weighted by molar-refractivity contribution is 6.25. The molecule has 0 spiro atoms. The zero-order chi connectivity index (χ0) is 22.4. The smallest absolute Gasteiger partial charge is 0.170 e. The van der Waals surface area contributed by atoms with E-state index in [-0.39, 0.29) is 29.5 Å². The highest BCUT2D eigenvalue weighted by atomic mass is 16.3. The molecule has 2 nitrogen and oxygen atoms in total. The molecule has 0 saturated heterocycles. The first-order valence-corrected chi connectivity index (χ1v) is 11.9. The van der Waals surface area contributed by atoms with Crippen LogP contribution in [0.5, 0.6) is 0 Å². The highest BCUT2D eigenvalue weighted by Crippen LogP contribution is 2.55. The van der Waals surface area contributed by atoms with E-state index in [0.29, 0.717) is 17.3 Å². The molecule has 4 rings (SSSR count). The topological polar surface area (TPSA) is 37.3 Å². The number of hydrogen-bond acceptors (Lipinski definition) is 2. The Bertz CT molecular complexity index is 1000. The van der Waals surface area contributed by atoms with Gasteiger partial charge in [0.05, 0.1) is 5.57 Å². The van der Waals surface area contributed by atoms with Crippen LogP contribution < -0.4 is 0 Å². The first-order chi connectivity index (χ1) is 14.8. The van der Waals surface area contributed by atoms with Crippen LogP contribution in [0.1, 0.15) is 73.4 Å². The molecule has 2 aliphatic carbocycles. The number of carbonyl (C=O) groups is 1. The second-order valence-electron chi connectivity index (χ2n) is 9.93. The Hall–Kier alpha value is -2.35. The van der Waals surface area contributed by atoms with E-state index in [0.717, 1.165) is 24.8 Å². The fourth-order valence-corrected chi connectivity index (χ4v) is 6.32. The molecule has 3 unspecified atom stereocenters. The van der Waals surface area contributed by atoms with Crippen molar-refractivity contribution in [2.24, 2.45) is 23.7 Å². The average molecular weight is 417 g/mol. The molecule has 1 fully saturated rings. The maximum Gasteiger partial charge on any atom is 0.170 e. The molecule has 2 aromatic rings. The van der Waals surface area contributed by atoms with Crippen LogP contribution in [0.2, 0.25) is 0 Å². The number of hydrogen-bond donors (Lipinski definition) is 1. The number of ketones is 1. The summed E-state index contributed by atoms with van der Waals surface area (Å²) in [7, 11) is 0. The molecule has 2 heteroatoms. The summed E-state index contributed by atoms with van der Waals surface area (Å²) < 4.78 is 0. The molecule has 2 aromatic carbocycles. The SMILES string of the molecule is CCc1cc(C)cc(CC)c1C1=C(O)[C@@H]2C(C)C(c3ccc(C)cc3)CC(C)[C@@H]2C1=O. The van der Waals surface area contributed by atoms with Crippen LogP contribution in [-0.4, -0.2) is 10.9 Å². The van der Waals surface area contributed by atoms with E-state index < -0.39 is 0 Å². The third kappa shape index (κ3) is 3.54. The fraction of sp³-hybridized carbons (Fsp3) is 0.483. The van der Waals surface area contributed by atoms with E-state index in [9.17, 15) is 9.90 Å². The Kier molecular flexibility index (Phi) is 5.85. The van der Waals surface area contributed by atoms with Gasteiger partial charge in [0.15, 0.2) is 5.78 Å². The van der Waals surface area contributed by atoms with Crippen molar-refractivity contribution in [2.45, 2.75) is 66.7 Å². The molecule has 1 N–H and O–H groups in total. The zero-order valence-electron chi connectivity index (χ0n) is 19.8. The molecule has 0 aliphatic heterocycles. The molecular formula is C29H36O2. The number of Topliss-reactive ketones (excluding diaryl/α,β-unsaturated/α-hetero) is 1. The Morgan fingerprint density at radius 3 is 2.03 bits per heavy atom. The zero-order valence-corrected chi connectivity index (χ0v) is 19.8. The fourth-order valence-electron chi connectivity index (χ4n) is 6.32. The first-order valence-electron chi connectivity index (χ1n) is 11.9. The van der Waals surface area contributed by atoms with Gasteiger partial charge in [0.1, 0.15) is 5.76 Å². The van der Waals surface area contributed by atoms with Crippen molar-refractivity contribution in [1.82, 2.24) is 0 Å². The molecular weight excluding hydrogens is 380 g/mol. The molecule has 0 amide bonds. The number of carbonyl (C=O) groups excluding carboxylic acids is 1. The second-order valence-corrected chi connectivity index (χ2v) is 9.93.